The lowest BCUT2D eigenvalue weighted by Gasteiger charge is -2.56. The third kappa shape index (κ3) is 2.18. The van der Waals surface area contributed by atoms with Gasteiger partial charge in [0.15, 0.2) is 12.4 Å². The highest BCUT2D eigenvalue weighted by Gasteiger charge is 2.82. The summed E-state index contributed by atoms with van der Waals surface area (Å²) in [5.41, 5.74) is -3.25. The average molecular weight is 418 g/mol. The normalized spacial score (nSPS) is 50.6. The number of ketones is 2. The van der Waals surface area contributed by atoms with Crippen molar-refractivity contribution in [2.24, 2.45) is 22.7 Å². The van der Waals surface area contributed by atoms with Crippen molar-refractivity contribution < 1.29 is 33.4 Å². The first-order valence-corrected chi connectivity index (χ1v) is 10.7. The number of esters is 1. The van der Waals surface area contributed by atoms with Crippen LogP contribution in [0.1, 0.15) is 46.5 Å². The van der Waals surface area contributed by atoms with Gasteiger partial charge in [0.25, 0.3) is 0 Å². The molecular weight excluding hydrogens is 391 g/mol. The number of rotatable bonds is 3. The van der Waals surface area contributed by atoms with Gasteiger partial charge in [0.1, 0.15) is 17.4 Å². The number of hydrogen-bond acceptors (Lipinski definition) is 6. The molecule has 1 heterocycles. The largest absolute Gasteiger partial charge is 0.458 e. The maximum Gasteiger partial charge on any atom is 0.303 e. The van der Waals surface area contributed by atoms with Crippen molar-refractivity contribution >= 4 is 17.5 Å². The van der Waals surface area contributed by atoms with Crippen LogP contribution in [-0.2, 0) is 23.9 Å². The number of epoxide rings is 1. The minimum absolute atomic E-state index is 0.106. The average Bonchev–Trinajstić information content (AvgIpc) is 3.34. The quantitative estimate of drug-likeness (QED) is 0.558. The molecule has 6 nitrogen and oxygen atoms in total. The Bertz CT molecular complexity index is 925. The van der Waals surface area contributed by atoms with Crippen LogP contribution in [0.5, 0.6) is 0 Å². The molecule has 30 heavy (non-hydrogen) atoms. The minimum atomic E-state index is -1.63. The lowest BCUT2D eigenvalue weighted by atomic mass is 9.46. The summed E-state index contributed by atoms with van der Waals surface area (Å²) in [4.78, 5) is 36.0. The van der Waals surface area contributed by atoms with Crippen molar-refractivity contribution in [2.75, 3.05) is 6.61 Å². The van der Waals surface area contributed by atoms with Crippen molar-refractivity contribution in [3.63, 3.8) is 0 Å². The van der Waals surface area contributed by atoms with E-state index >= 15 is 4.39 Å². The zero-order valence-electron chi connectivity index (χ0n) is 17.4. The lowest BCUT2D eigenvalue weighted by molar-refractivity contribution is -0.166. The molecule has 3 saturated carbocycles. The van der Waals surface area contributed by atoms with Crippen LogP contribution < -0.4 is 0 Å². The van der Waals surface area contributed by atoms with E-state index in [4.69, 9.17) is 9.47 Å². The second-order valence-electron chi connectivity index (χ2n) is 10.1. The Hall–Kier alpha value is -1.86. The van der Waals surface area contributed by atoms with Gasteiger partial charge in [-0.1, -0.05) is 13.0 Å². The molecule has 0 radical (unpaired) electrons. The minimum Gasteiger partial charge on any atom is -0.458 e. The highest BCUT2D eigenvalue weighted by Crippen LogP contribution is 2.76. The third-order valence-electron chi connectivity index (χ3n) is 8.94. The van der Waals surface area contributed by atoms with Crippen molar-refractivity contribution in [3.05, 3.63) is 23.8 Å². The van der Waals surface area contributed by atoms with Crippen LogP contribution in [0.2, 0.25) is 0 Å². The van der Waals surface area contributed by atoms with E-state index in [0.717, 1.165) is 0 Å². The van der Waals surface area contributed by atoms with E-state index in [1.807, 2.05) is 13.8 Å². The molecule has 4 aliphatic carbocycles. The topological polar surface area (TPSA) is 93.2 Å². The number of carbonyl (C=O) groups excluding carboxylic acids is 3. The molecule has 7 heteroatoms. The summed E-state index contributed by atoms with van der Waals surface area (Å²) in [6.45, 7) is 4.59. The monoisotopic (exact) mass is 418 g/mol. The van der Waals surface area contributed by atoms with Gasteiger partial charge in [-0.3, -0.25) is 14.4 Å². The smallest absolute Gasteiger partial charge is 0.303 e. The Morgan fingerprint density at radius 1 is 1.33 bits per heavy atom. The Morgan fingerprint density at radius 2 is 2.07 bits per heavy atom. The molecule has 5 aliphatic rings. The Labute approximate surface area is 174 Å². The number of aliphatic hydroxyl groups is 1. The van der Waals surface area contributed by atoms with E-state index in [1.165, 1.54) is 19.1 Å². The van der Waals surface area contributed by atoms with Crippen LogP contribution in [0.25, 0.3) is 0 Å². The summed E-state index contributed by atoms with van der Waals surface area (Å²) in [7, 11) is 0. The van der Waals surface area contributed by atoms with E-state index in [-0.39, 0.29) is 36.6 Å². The molecule has 1 N–H and O–H groups in total. The SMILES string of the molecule is CC(=O)OCC(=O)[C@@]1(O)CCC2C3C[C@H](F)C4=CC(=O)C=CC4(C)C34OC4C[C@@]21C. The van der Waals surface area contributed by atoms with Gasteiger partial charge in [0.2, 0.25) is 5.78 Å². The van der Waals surface area contributed by atoms with Crippen molar-refractivity contribution in [2.45, 2.75) is 69.9 Å². The molecule has 5 unspecified atom stereocenters. The molecule has 5 rings (SSSR count). The fourth-order valence-corrected chi connectivity index (χ4v) is 7.39. The summed E-state index contributed by atoms with van der Waals surface area (Å²) in [6.07, 6.45) is 4.73. The van der Waals surface area contributed by atoms with Gasteiger partial charge in [0, 0.05) is 17.8 Å². The summed E-state index contributed by atoms with van der Waals surface area (Å²) in [5.74, 6) is -1.56. The van der Waals surface area contributed by atoms with E-state index < -0.39 is 46.6 Å². The second-order valence-corrected chi connectivity index (χ2v) is 10.1. The number of Topliss-reactive ketones (excluding diaryl/α,β-unsaturated/α-hetero) is 1. The van der Waals surface area contributed by atoms with Crippen LogP contribution in [0, 0.1) is 22.7 Å². The zero-order chi connectivity index (χ0) is 21.7. The molecule has 0 aromatic carbocycles. The molecule has 8 atom stereocenters. The molecule has 4 fully saturated rings. The standard InChI is InChI=1S/C23H27FO6/c1-12(25)29-11-18(27)22(28)7-5-14-15-9-17(24)16-8-13(26)4-6-20(16,2)23(15)19(30-23)10-21(14,22)3/h4,6,8,14-15,17,19,28H,5,7,9-11H2,1-3H3/t14?,15?,17-,19?,20?,21-,22-,23?/m0/s1. The first-order valence-electron chi connectivity index (χ1n) is 10.7. The van der Waals surface area contributed by atoms with Gasteiger partial charge < -0.3 is 14.6 Å². The number of alkyl halides is 1. The third-order valence-corrected chi connectivity index (χ3v) is 8.94. The molecule has 0 amide bonds. The molecule has 1 aliphatic heterocycles. The number of ether oxygens (including phenoxy) is 2. The Kier molecular flexibility index (Phi) is 3.94. The number of allylic oxidation sites excluding steroid dienone is 2. The molecule has 1 spiro atoms. The second kappa shape index (κ2) is 5.88. The number of hydrogen-bond donors (Lipinski definition) is 1. The van der Waals surface area contributed by atoms with Gasteiger partial charge >= 0.3 is 5.97 Å². The van der Waals surface area contributed by atoms with Crippen molar-refractivity contribution in [3.8, 4) is 0 Å². The molecule has 0 bridgehead atoms. The van der Waals surface area contributed by atoms with Gasteiger partial charge in [-0.2, -0.15) is 0 Å². The van der Waals surface area contributed by atoms with Crippen LogP contribution >= 0.6 is 0 Å². The Morgan fingerprint density at radius 3 is 2.77 bits per heavy atom. The van der Waals surface area contributed by atoms with E-state index in [1.54, 1.807) is 6.08 Å². The van der Waals surface area contributed by atoms with E-state index in [9.17, 15) is 19.5 Å². The summed E-state index contributed by atoms with van der Waals surface area (Å²) < 4.78 is 26.5. The first-order chi connectivity index (χ1) is 14.0. The maximum absolute atomic E-state index is 15.3. The van der Waals surface area contributed by atoms with Gasteiger partial charge in [0.05, 0.1) is 6.10 Å². The van der Waals surface area contributed by atoms with Crippen molar-refractivity contribution in [1.82, 2.24) is 0 Å². The Balaban J connectivity index is 1.52. The summed E-state index contributed by atoms with van der Waals surface area (Å²) >= 11 is 0. The summed E-state index contributed by atoms with van der Waals surface area (Å²) in [6, 6.07) is 0. The zero-order valence-corrected chi connectivity index (χ0v) is 17.4. The van der Waals surface area contributed by atoms with Crippen LogP contribution in [-0.4, -0.2) is 52.7 Å². The van der Waals surface area contributed by atoms with Gasteiger partial charge in [-0.15, -0.1) is 0 Å². The first kappa shape index (κ1) is 20.1. The fraction of sp³-hybridized carbons (Fsp3) is 0.696. The lowest BCUT2D eigenvalue weighted by Crippen LogP contribution is -2.62. The van der Waals surface area contributed by atoms with E-state index in [2.05, 4.69) is 0 Å². The fourth-order valence-electron chi connectivity index (χ4n) is 7.39. The molecule has 0 aromatic rings. The van der Waals surface area contributed by atoms with Crippen LogP contribution in [0.4, 0.5) is 4.39 Å². The van der Waals surface area contributed by atoms with E-state index in [0.29, 0.717) is 18.4 Å². The van der Waals surface area contributed by atoms with Gasteiger partial charge in [-0.25, -0.2) is 4.39 Å². The number of halogens is 1. The maximum atomic E-state index is 15.3. The summed E-state index contributed by atoms with van der Waals surface area (Å²) in [5, 5.41) is 11.5. The molecule has 0 aromatic heterocycles. The number of fused-ring (bicyclic) bond motifs is 3. The highest BCUT2D eigenvalue weighted by molar-refractivity contribution is 6.01. The molecule has 1 saturated heterocycles. The van der Waals surface area contributed by atoms with Crippen LogP contribution in [0.15, 0.2) is 23.8 Å². The highest BCUT2D eigenvalue weighted by atomic mass is 19.1. The predicted molar refractivity (Wildman–Crippen MR) is 103 cm³/mol. The van der Waals surface area contributed by atoms with Gasteiger partial charge in [-0.05, 0) is 62.2 Å². The number of carbonyl (C=O) groups is 3. The molecule has 162 valence electrons. The predicted octanol–water partition coefficient (Wildman–Crippen LogP) is 2.24. The molecular formula is C23H27FO6. The van der Waals surface area contributed by atoms with Crippen LogP contribution in [0.3, 0.4) is 0 Å². The van der Waals surface area contributed by atoms with Crippen molar-refractivity contribution in [1.29, 1.82) is 0 Å².